The van der Waals surface area contributed by atoms with E-state index in [2.05, 4.69) is 27.1 Å². The molecular weight excluding hydrogens is 564 g/mol. The third-order valence-electron chi connectivity index (χ3n) is 7.32. The van der Waals surface area contributed by atoms with E-state index in [9.17, 15) is 18.0 Å². The first kappa shape index (κ1) is 29.7. The Balaban J connectivity index is 1.48. The zero-order valence-corrected chi connectivity index (χ0v) is 25.7. The molecule has 0 bridgehead atoms. The Morgan fingerprint density at radius 3 is 2.42 bits per heavy atom. The maximum absolute atomic E-state index is 13.4. The molecule has 43 heavy (non-hydrogen) atoms. The van der Waals surface area contributed by atoms with E-state index in [-0.39, 0.29) is 10.8 Å². The Morgan fingerprint density at radius 1 is 1.05 bits per heavy atom. The predicted molar refractivity (Wildman–Crippen MR) is 166 cm³/mol. The fourth-order valence-corrected chi connectivity index (χ4v) is 5.49. The summed E-state index contributed by atoms with van der Waals surface area (Å²) in [6, 6.07) is 15.5. The summed E-state index contributed by atoms with van der Waals surface area (Å²) < 4.78 is 29.1. The van der Waals surface area contributed by atoms with Crippen LogP contribution in [0, 0.1) is 11.8 Å². The first-order chi connectivity index (χ1) is 20.2. The lowest BCUT2D eigenvalue weighted by Gasteiger charge is -2.25. The highest BCUT2D eigenvalue weighted by atomic mass is 32.2. The topological polar surface area (TPSA) is 119 Å². The number of ether oxygens (including phenoxy) is 1. The van der Waals surface area contributed by atoms with Crippen molar-refractivity contribution >= 4 is 49.8 Å². The number of carbonyl (C=O) groups is 2. The minimum absolute atomic E-state index is 0.232. The summed E-state index contributed by atoms with van der Waals surface area (Å²) in [7, 11) is -3.29. The van der Waals surface area contributed by atoms with E-state index in [1.54, 1.807) is 51.4 Å². The van der Waals surface area contributed by atoms with Crippen molar-refractivity contribution in [1.29, 1.82) is 0 Å². The number of fused-ring (bicyclic) bond motifs is 2. The first-order valence-electron chi connectivity index (χ1n) is 13.8. The largest absolute Gasteiger partial charge is 0.443 e. The van der Waals surface area contributed by atoms with E-state index in [1.807, 2.05) is 38.1 Å². The van der Waals surface area contributed by atoms with Gasteiger partial charge in [0.15, 0.2) is 9.84 Å². The molecular formula is C33H32N4O5S. The number of nitrogens with zero attached hydrogens (tertiary/aromatic N) is 3. The average molecular weight is 597 g/mol. The van der Waals surface area contributed by atoms with Crippen LogP contribution in [0.2, 0.25) is 0 Å². The molecule has 0 fully saturated rings. The lowest BCUT2D eigenvalue weighted by Crippen LogP contribution is -2.44. The van der Waals surface area contributed by atoms with E-state index in [0.29, 0.717) is 34.9 Å². The standard InChI is InChI=1S/C33H32N4O5S/c1-7-33(5)26-14-8-21(18-28(26)37(30(33)38)31(39)42-32(2,3)4)9-15-27-25-19-29(35-20-22(25)16-17-34-27)36-23-10-12-24(13-11-23)43(6,40)41/h8,10-14,16-20H,7H2,1-6H3,(H,35,36). The van der Waals surface area contributed by atoms with Crippen molar-refractivity contribution in [1.82, 2.24) is 9.97 Å². The fourth-order valence-electron chi connectivity index (χ4n) is 4.86. The third kappa shape index (κ3) is 5.94. The van der Waals surface area contributed by atoms with Gasteiger partial charge in [0.2, 0.25) is 5.91 Å². The van der Waals surface area contributed by atoms with Crippen molar-refractivity contribution in [2.75, 3.05) is 16.5 Å². The van der Waals surface area contributed by atoms with Gasteiger partial charge >= 0.3 is 6.09 Å². The first-order valence-corrected chi connectivity index (χ1v) is 15.6. The van der Waals surface area contributed by atoms with Gasteiger partial charge in [-0.05, 0) is 94.1 Å². The van der Waals surface area contributed by atoms with Gasteiger partial charge in [-0.15, -0.1) is 0 Å². The molecule has 10 heteroatoms. The van der Waals surface area contributed by atoms with E-state index in [0.717, 1.165) is 27.5 Å². The van der Waals surface area contributed by atoms with Gasteiger partial charge in [0, 0.05) is 40.7 Å². The lowest BCUT2D eigenvalue weighted by atomic mass is 9.81. The smallest absolute Gasteiger partial charge is 0.421 e. The Labute approximate surface area is 251 Å². The molecule has 2 aromatic carbocycles. The zero-order chi connectivity index (χ0) is 31.2. The number of sulfone groups is 1. The van der Waals surface area contributed by atoms with Crippen LogP contribution in [0.3, 0.4) is 0 Å². The van der Waals surface area contributed by atoms with E-state index in [4.69, 9.17) is 4.74 Å². The van der Waals surface area contributed by atoms with Crippen LogP contribution in [0.1, 0.15) is 57.9 Å². The molecule has 4 aromatic rings. The average Bonchev–Trinajstić information content (AvgIpc) is 3.17. The maximum Gasteiger partial charge on any atom is 0.421 e. The summed E-state index contributed by atoms with van der Waals surface area (Å²) in [4.78, 5) is 36.8. The summed E-state index contributed by atoms with van der Waals surface area (Å²) in [5, 5.41) is 4.80. The Kier molecular flexibility index (Phi) is 7.48. The molecule has 0 saturated carbocycles. The van der Waals surface area contributed by atoms with Crippen LogP contribution in [0.4, 0.5) is 22.0 Å². The molecule has 1 N–H and O–H groups in total. The second kappa shape index (κ2) is 10.8. The summed E-state index contributed by atoms with van der Waals surface area (Å²) in [5.74, 6) is 6.50. The van der Waals surface area contributed by atoms with Gasteiger partial charge in [-0.1, -0.05) is 18.9 Å². The van der Waals surface area contributed by atoms with Crippen LogP contribution < -0.4 is 10.2 Å². The number of benzene rings is 2. The van der Waals surface area contributed by atoms with Crippen LogP contribution in [0.25, 0.3) is 10.8 Å². The Hall–Kier alpha value is -4.75. The number of anilines is 3. The van der Waals surface area contributed by atoms with Crippen LogP contribution >= 0.6 is 0 Å². The summed E-state index contributed by atoms with van der Waals surface area (Å²) in [6.45, 7) is 9.03. The second-order valence-corrected chi connectivity index (χ2v) is 13.7. The number of carbonyl (C=O) groups excluding carboxylic acids is 2. The summed E-state index contributed by atoms with van der Waals surface area (Å²) >= 11 is 0. The molecule has 9 nitrogen and oxygen atoms in total. The normalized spacial score (nSPS) is 16.4. The van der Waals surface area contributed by atoms with Crippen LogP contribution in [-0.4, -0.2) is 42.2 Å². The summed E-state index contributed by atoms with van der Waals surface area (Å²) in [6.07, 6.45) is 4.34. The van der Waals surface area contributed by atoms with Crippen molar-refractivity contribution in [3.8, 4) is 11.8 Å². The minimum Gasteiger partial charge on any atom is -0.443 e. The van der Waals surface area contributed by atoms with Crippen LogP contribution in [0.5, 0.6) is 0 Å². The van der Waals surface area contributed by atoms with E-state index in [1.165, 1.54) is 12.1 Å². The summed E-state index contributed by atoms with van der Waals surface area (Å²) in [5.41, 5.74) is 1.42. The molecule has 5 rings (SSSR count). The quantitative estimate of drug-likeness (QED) is 0.280. The van der Waals surface area contributed by atoms with Gasteiger partial charge in [-0.25, -0.2) is 28.1 Å². The van der Waals surface area contributed by atoms with Gasteiger partial charge in [0.25, 0.3) is 0 Å². The van der Waals surface area contributed by atoms with Gasteiger partial charge < -0.3 is 10.1 Å². The van der Waals surface area contributed by atoms with E-state index < -0.39 is 26.9 Å². The molecule has 3 heterocycles. The lowest BCUT2D eigenvalue weighted by molar-refractivity contribution is -0.122. The molecule has 0 aliphatic carbocycles. The molecule has 1 aliphatic rings. The Bertz CT molecular complexity index is 1940. The maximum atomic E-state index is 13.4. The highest BCUT2D eigenvalue weighted by Crippen LogP contribution is 2.44. The van der Waals surface area contributed by atoms with Gasteiger partial charge in [0.05, 0.1) is 16.0 Å². The molecule has 0 spiro atoms. The number of rotatable bonds is 4. The Morgan fingerprint density at radius 2 is 1.77 bits per heavy atom. The number of nitrogens with one attached hydrogen (secondary N) is 1. The third-order valence-corrected chi connectivity index (χ3v) is 8.45. The van der Waals surface area contributed by atoms with Gasteiger partial charge in [-0.3, -0.25) is 4.79 Å². The van der Waals surface area contributed by atoms with E-state index >= 15 is 0 Å². The molecule has 220 valence electrons. The molecule has 0 radical (unpaired) electrons. The van der Waals surface area contributed by atoms with Crippen molar-refractivity contribution in [2.24, 2.45) is 0 Å². The molecule has 2 aromatic heterocycles. The van der Waals surface area contributed by atoms with Crippen LogP contribution in [-0.2, 0) is 24.8 Å². The molecule has 2 amide bonds. The number of pyridine rings is 2. The molecule has 1 atom stereocenters. The van der Waals surface area contributed by atoms with Crippen LogP contribution in [0.15, 0.2) is 71.9 Å². The monoisotopic (exact) mass is 596 g/mol. The number of hydrogen-bond acceptors (Lipinski definition) is 8. The van der Waals surface area contributed by atoms with Crippen molar-refractivity contribution in [3.63, 3.8) is 0 Å². The number of amides is 2. The molecule has 1 unspecified atom stereocenters. The van der Waals surface area contributed by atoms with Crippen molar-refractivity contribution < 1.29 is 22.7 Å². The fraction of sp³-hybridized carbons (Fsp3) is 0.273. The highest BCUT2D eigenvalue weighted by molar-refractivity contribution is 7.90. The molecule has 0 saturated heterocycles. The SMILES string of the molecule is CCC1(C)C(=O)N(C(=O)OC(C)(C)C)c2cc(C#Cc3nccc4cnc(Nc5ccc(S(C)(=O)=O)cc5)cc34)ccc21. The van der Waals surface area contributed by atoms with Crippen molar-refractivity contribution in [3.05, 3.63) is 83.8 Å². The number of imide groups is 1. The van der Waals surface area contributed by atoms with Crippen molar-refractivity contribution in [2.45, 2.75) is 57.0 Å². The van der Waals surface area contributed by atoms with Gasteiger partial charge in [0.1, 0.15) is 17.1 Å². The molecule has 1 aliphatic heterocycles. The number of hydrogen-bond donors (Lipinski definition) is 1. The van der Waals surface area contributed by atoms with Gasteiger partial charge in [-0.2, -0.15) is 0 Å². The minimum atomic E-state index is -3.29. The number of aromatic nitrogens is 2. The predicted octanol–water partition coefficient (Wildman–Crippen LogP) is 6.13. The highest BCUT2D eigenvalue weighted by Gasteiger charge is 2.49. The zero-order valence-electron chi connectivity index (χ0n) is 24.8. The second-order valence-electron chi connectivity index (χ2n) is 11.7.